The van der Waals surface area contributed by atoms with Gasteiger partial charge in [0.1, 0.15) is 11.5 Å². The lowest BCUT2D eigenvalue weighted by Gasteiger charge is -2.13. The molecule has 136 valence electrons. The number of benzene rings is 2. The third kappa shape index (κ3) is 5.04. The van der Waals surface area contributed by atoms with Gasteiger partial charge in [0.15, 0.2) is 12.7 Å². The Bertz CT molecular complexity index is 784. The Balaban J connectivity index is 1.85. The van der Waals surface area contributed by atoms with Crippen LogP contribution < -0.4 is 9.47 Å². The fourth-order valence-electron chi connectivity index (χ4n) is 2.08. The molecule has 0 N–H and O–H groups in total. The molecule has 2 aromatic rings. The minimum Gasteiger partial charge on any atom is -0.497 e. The first kappa shape index (κ1) is 18.9. The summed E-state index contributed by atoms with van der Waals surface area (Å²) in [6.45, 7) is 1.05. The Morgan fingerprint density at radius 1 is 1.04 bits per heavy atom. The monoisotopic (exact) mass is 359 g/mol. The van der Waals surface area contributed by atoms with E-state index < -0.39 is 23.6 Å². The number of carbonyl (C=O) groups is 2. The maximum absolute atomic E-state index is 12.2. The predicted molar refractivity (Wildman–Crippen MR) is 91.5 cm³/mol. The zero-order valence-electron chi connectivity index (χ0n) is 14.2. The molecule has 1 atom stereocenters. The van der Waals surface area contributed by atoms with E-state index in [1.54, 1.807) is 24.3 Å². The maximum atomic E-state index is 12.2. The van der Waals surface area contributed by atoms with Crippen molar-refractivity contribution in [1.29, 1.82) is 0 Å². The van der Waals surface area contributed by atoms with Crippen LogP contribution in [0.2, 0.25) is 0 Å². The number of carbonyl (C=O) groups excluding carboxylic acids is 2. The van der Waals surface area contributed by atoms with Gasteiger partial charge >= 0.3 is 5.97 Å². The van der Waals surface area contributed by atoms with Crippen LogP contribution in [0.3, 0.4) is 0 Å². The summed E-state index contributed by atoms with van der Waals surface area (Å²) < 4.78 is 15.3. The molecule has 2 rings (SSSR count). The number of methoxy groups -OCH3 is 1. The summed E-state index contributed by atoms with van der Waals surface area (Å²) in [6.07, 6.45) is -0.976. The van der Waals surface area contributed by atoms with Crippen molar-refractivity contribution in [3.05, 3.63) is 64.2 Å². The number of non-ortho nitro benzene ring substituents is 1. The normalized spacial score (nSPS) is 11.3. The second kappa shape index (κ2) is 8.61. The van der Waals surface area contributed by atoms with Crippen LogP contribution in [0, 0.1) is 10.1 Å². The van der Waals surface area contributed by atoms with Gasteiger partial charge in [-0.1, -0.05) is 0 Å². The summed E-state index contributed by atoms with van der Waals surface area (Å²) in [5, 5.41) is 10.6. The molecule has 0 saturated carbocycles. The first-order chi connectivity index (χ1) is 12.4. The number of hydrogen-bond acceptors (Lipinski definition) is 7. The summed E-state index contributed by atoms with van der Waals surface area (Å²) in [6, 6.07) is 11.7. The molecule has 8 heteroatoms. The summed E-state index contributed by atoms with van der Waals surface area (Å²) in [7, 11) is 1.52. The van der Waals surface area contributed by atoms with Crippen molar-refractivity contribution >= 4 is 17.4 Å². The molecular weight excluding hydrogens is 342 g/mol. The number of ketones is 1. The summed E-state index contributed by atoms with van der Waals surface area (Å²) in [4.78, 5) is 34.1. The van der Waals surface area contributed by atoms with Crippen LogP contribution in [0.4, 0.5) is 5.69 Å². The van der Waals surface area contributed by atoms with E-state index in [0.717, 1.165) is 0 Å². The second-order valence-electron chi connectivity index (χ2n) is 5.26. The molecule has 0 spiro atoms. The maximum Gasteiger partial charge on any atom is 0.344 e. The highest BCUT2D eigenvalue weighted by molar-refractivity contribution is 6.00. The number of Topliss-reactive ketones (excluding diaryl/α,β-unsaturated/α-hetero) is 1. The first-order valence-electron chi connectivity index (χ1n) is 7.65. The summed E-state index contributed by atoms with van der Waals surface area (Å²) in [5.41, 5.74) is 0.307. The highest BCUT2D eigenvalue weighted by atomic mass is 16.6. The van der Waals surface area contributed by atoms with Crippen molar-refractivity contribution in [2.45, 2.75) is 13.0 Å². The Morgan fingerprint density at radius 3 is 2.15 bits per heavy atom. The number of nitro groups is 1. The molecule has 0 saturated heterocycles. The van der Waals surface area contributed by atoms with Gasteiger partial charge in [-0.25, -0.2) is 4.79 Å². The predicted octanol–water partition coefficient (Wildman–Crippen LogP) is 2.80. The van der Waals surface area contributed by atoms with Crippen LogP contribution in [0.15, 0.2) is 48.5 Å². The molecule has 8 nitrogen and oxygen atoms in total. The van der Waals surface area contributed by atoms with E-state index in [1.807, 2.05) is 0 Å². The van der Waals surface area contributed by atoms with Crippen LogP contribution in [-0.2, 0) is 9.53 Å². The van der Waals surface area contributed by atoms with Crippen molar-refractivity contribution in [1.82, 2.24) is 0 Å². The van der Waals surface area contributed by atoms with Crippen LogP contribution >= 0.6 is 0 Å². The molecule has 0 fully saturated rings. The molecule has 2 aromatic carbocycles. The van der Waals surface area contributed by atoms with Gasteiger partial charge in [0.25, 0.3) is 5.69 Å². The van der Waals surface area contributed by atoms with Gasteiger partial charge in [-0.3, -0.25) is 14.9 Å². The molecule has 0 aliphatic heterocycles. The Labute approximate surface area is 149 Å². The van der Waals surface area contributed by atoms with Crippen LogP contribution in [0.25, 0.3) is 0 Å². The minimum absolute atomic E-state index is 0.0846. The molecule has 0 heterocycles. The second-order valence-corrected chi connectivity index (χ2v) is 5.26. The zero-order chi connectivity index (χ0) is 19.1. The van der Waals surface area contributed by atoms with Gasteiger partial charge in [0, 0.05) is 17.7 Å². The van der Waals surface area contributed by atoms with E-state index >= 15 is 0 Å². The van der Waals surface area contributed by atoms with Crippen molar-refractivity contribution in [3.8, 4) is 11.5 Å². The topological polar surface area (TPSA) is 105 Å². The molecule has 0 aliphatic rings. The smallest absolute Gasteiger partial charge is 0.344 e. The van der Waals surface area contributed by atoms with Gasteiger partial charge in [0.2, 0.25) is 5.78 Å². The number of hydrogen-bond donors (Lipinski definition) is 0. The highest BCUT2D eigenvalue weighted by Gasteiger charge is 2.20. The van der Waals surface area contributed by atoms with Gasteiger partial charge in [0.05, 0.1) is 12.0 Å². The Hall–Kier alpha value is -3.42. The van der Waals surface area contributed by atoms with Gasteiger partial charge < -0.3 is 14.2 Å². The van der Waals surface area contributed by atoms with Crippen molar-refractivity contribution in [2.24, 2.45) is 0 Å². The van der Waals surface area contributed by atoms with Crippen LogP contribution in [-0.4, -0.2) is 36.5 Å². The zero-order valence-corrected chi connectivity index (χ0v) is 14.2. The first-order valence-corrected chi connectivity index (χ1v) is 7.65. The third-order valence-electron chi connectivity index (χ3n) is 3.46. The van der Waals surface area contributed by atoms with Crippen molar-refractivity contribution < 1.29 is 28.7 Å². The third-order valence-corrected chi connectivity index (χ3v) is 3.46. The lowest BCUT2D eigenvalue weighted by atomic mass is 10.1. The molecule has 0 bridgehead atoms. The van der Waals surface area contributed by atoms with E-state index in [1.165, 1.54) is 38.3 Å². The molecule has 0 unspecified atom stereocenters. The average Bonchev–Trinajstić information content (AvgIpc) is 2.66. The minimum atomic E-state index is -0.976. The van der Waals surface area contributed by atoms with Crippen molar-refractivity contribution in [3.63, 3.8) is 0 Å². The largest absolute Gasteiger partial charge is 0.497 e. The number of nitrogens with zero attached hydrogens (tertiary/aromatic N) is 1. The SMILES string of the molecule is COc1ccc(C(=O)[C@@H](C)OC(=O)COc2ccc([N+](=O)[O-])cc2)cc1. The highest BCUT2D eigenvalue weighted by Crippen LogP contribution is 2.17. The summed E-state index contributed by atoms with van der Waals surface area (Å²) in [5.74, 6) is -0.182. The average molecular weight is 359 g/mol. The van der Waals surface area contributed by atoms with Gasteiger partial charge in [-0.2, -0.15) is 0 Å². The Kier molecular flexibility index (Phi) is 6.26. The van der Waals surface area contributed by atoms with Crippen molar-refractivity contribution in [2.75, 3.05) is 13.7 Å². The molecule has 0 amide bonds. The number of nitro benzene ring substituents is 1. The molecule has 0 aliphatic carbocycles. The molecular formula is C18H17NO7. The van der Waals surface area contributed by atoms with Crippen LogP contribution in [0.5, 0.6) is 11.5 Å². The molecule has 0 aromatic heterocycles. The van der Waals surface area contributed by atoms with Gasteiger partial charge in [-0.15, -0.1) is 0 Å². The Morgan fingerprint density at radius 2 is 1.62 bits per heavy atom. The van der Waals surface area contributed by atoms with E-state index in [2.05, 4.69) is 0 Å². The number of rotatable bonds is 8. The number of esters is 1. The fraction of sp³-hybridized carbons (Fsp3) is 0.222. The van der Waals surface area contributed by atoms with E-state index in [4.69, 9.17) is 14.2 Å². The van der Waals surface area contributed by atoms with E-state index in [-0.39, 0.29) is 17.2 Å². The molecule has 26 heavy (non-hydrogen) atoms. The van der Waals surface area contributed by atoms with Crippen LogP contribution in [0.1, 0.15) is 17.3 Å². The quantitative estimate of drug-likeness (QED) is 0.309. The summed E-state index contributed by atoms with van der Waals surface area (Å²) >= 11 is 0. The fourth-order valence-corrected chi connectivity index (χ4v) is 2.08. The lowest BCUT2D eigenvalue weighted by Crippen LogP contribution is -2.27. The number of ether oxygens (including phenoxy) is 3. The molecule has 0 radical (unpaired) electrons. The standard InChI is InChI=1S/C18H17NO7/c1-12(18(21)13-3-7-15(24-2)8-4-13)26-17(20)11-25-16-9-5-14(6-10-16)19(22)23/h3-10,12H,11H2,1-2H3/t12-/m1/s1. The van der Waals surface area contributed by atoms with Gasteiger partial charge in [-0.05, 0) is 43.3 Å². The van der Waals surface area contributed by atoms with E-state index in [9.17, 15) is 19.7 Å². The van der Waals surface area contributed by atoms with E-state index in [0.29, 0.717) is 11.3 Å². The lowest BCUT2D eigenvalue weighted by molar-refractivity contribution is -0.384.